The first-order chi connectivity index (χ1) is 6.24. The summed E-state index contributed by atoms with van der Waals surface area (Å²) in [4.78, 5) is 12.8. The number of hydrogen-bond acceptors (Lipinski definition) is 3. The molecule has 1 aliphatic heterocycles. The molecule has 1 aliphatic rings. The Kier molecular flexibility index (Phi) is 5.57. The van der Waals surface area contributed by atoms with Gasteiger partial charge in [-0.25, -0.2) is 0 Å². The molecule has 0 bridgehead atoms. The van der Waals surface area contributed by atoms with E-state index < -0.39 is 6.10 Å². The van der Waals surface area contributed by atoms with Gasteiger partial charge in [-0.1, -0.05) is 6.08 Å². The summed E-state index contributed by atoms with van der Waals surface area (Å²) in [6, 6.07) is 0. The normalized spacial score (nSPS) is 21.6. The lowest BCUT2D eigenvalue weighted by atomic mass is 10.1. The second-order valence-corrected chi connectivity index (χ2v) is 2.78. The third kappa shape index (κ3) is 3.72. The van der Waals surface area contributed by atoms with Gasteiger partial charge in [0.05, 0.1) is 12.5 Å². The molecule has 0 aromatic carbocycles. The molecule has 0 spiro atoms. The minimum Gasteiger partial charge on any atom is -0.393 e. The van der Waals surface area contributed by atoms with E-state index in [2.05, 4.69) is 6.58 Å². The average Bonchev–Trinajstić information content (AvgIpc) is 2.14. The van der Waals surface area contributed by atoms with E-state index in [0.717, 1.165) is 0 Å². The number of piperidine rings is 1. The maximum atomic E-state index is 11.1. The Morgan fingerprint density at radius 3 is 2.85 bits per heavy atom. The molecule has 1 amide bonds. The van der Waals surface area contributed by atoms with Gasteiger partial charge in [0.25, 0.3) is 0 Å². The Morgan fingerprint density at radius 1 is 1.77 bits per heavy atom. The average molecular weight is 181 g/mol. The van der Waals surface area contributed by atoms with E-state index >= 15 is 0 Å². The topological polar surface area (TPSA) is 64.3 Å². The van der Waals surface area contributed by atoms with Crippen molar-refractivity contribution < 1.29 is 9.90 Å². The summed E-state index contributed by atoms with van der Waals surface area (Å²) in [7, 11) is 0. The molecule has 4 heteroatoms. The number of carbonyl (C=O) groups is 1. The zero-order valence-corrected chi connectivity index (χ0v) is 7.44. The summed E-state index contributed by atoms with van der Waals surface area (Å²) in [6.45, 7) is 9.56. The fourth-order valence-corrected chi connectivity index (χ4v) is 1.21. The second kappa shape index (κ2) is 6.21. The first-order valence-electron chi connectivity index (χ1n) is 4.03. The summed E-state index contributed by atoms with van der Waals surface area (Å²) in [5, 5.41) is 15.3. The molecule has 1 heterocycles. The van der Waals surface area contributed by atoms with Crippen LogP contribution in [0.5, 0.6) is 0 Å². The van der Waals surface area contributed by atoms with E-state index in [1.54, 1.807) is 11.0 Å². The van der Waals surface area contributed by atoms with Crippen molar-refractivity contribution in [3.05, 3.63) is 19.2 Å². The Balaban J connectivity index is 0.000000671. The minimum absolute atomic E-state index is 0.0312. The third-order valence-corrected chi connectivity index (χ3v) is 1.84. The summed E-state index contributed by atoms with van der Waals surface area (Å²) in [5.41, 5.74) is 0. The molecule has 4 nitrogen and oxygen atoms in total. The van der Waals surface area contributed by atoms with E-state index in [9.17, 15) is 4.79 Å². The number of carbonyl (C=O) groups excluding carboxylic acids is 1. The number of amides is 1. The first-order valence-corrected chi connectivity index (χ1v) is 4.03. The van der Waals surface area contributed by atoms with Gasteiger partial charge in [-0.2, -0.15) is 5.26 Å². The molecular formula is C9H13N2O2. The van der Waals surface area contributed by atoms with Crippen molar-refractivity contribution in [3.63, 3.8) is 0 Å². The van der Waals surface area contributed by atoms with Crippen molar-refractivity contribution in [2.24, 2.45) is 0 Å². The third-order valence-electron chi connectivity index (χ3n) is 1.84. The van der Waals surface area contributed by atoms with Gasteiger partial charge < -0.3 is 10.0 Å². The quantitative estimate of drug-likeness (QED) is 0.621. The Morgan fingerprint density at radius 2 is 2.38 bits per heavy atom. The van der Waals surface area contributed by atoms with Gasteiger partial charge in [-0.05, 0) is 6.42 Å². The van der Waals surface area contributed by atoms with Crippen molar-refractivity contribution >= 4 is 5.91 Å². The van der Waals surface area contributed by atoms with E-state index in [1.807, 2.05) is 0 Å². The predicted molar refractivity (Wildman–Crippen MR) is 47.0 cm³/mol. The highest BCUT2D eigenvalue weighted by molar-refractivity contribution is 5.77. The van der Waals surface area contributed by atoms with Crippen molar-refractivity contribution in [1.82, 2.24) is 4.90 Å². The summed E-state index contributed by atoms with van der Waals surface area (Å²) in [5.74, 6) is 0.0312. The number of hydrogen-bond donors (Lipinski definition) is 1. The molecule has 13 heavy (non-hydrogen) atoms. The van der Waals surface area contributed by atoms with E-state index in [1.165, 1.54) is 0 Å². The number of rotatable bonds is 2. The van der Waals surface area contributed by atoms with Gasteiger partial charge in [-0.15, -0.1) is 6.58 Å². The highest BCUT2D eigenvalue weighted by atomic mass is 16.3. The largest absolute Gasteiger partial charge is 0.393 e. The van der Waals surface area contributed by atoms with Crippen molar-refractivity contribution in [2.45, 2.75) is 18.9 Å². The molecule has 0 aromatic heterocycles. The number of aliphatic hydroxyl groups excluding tert-OH is 1. The van der Waals surface area contributed by atoms with Gasteiger partial charge in [0, 0.05) is 13.1 Å². The summed E-state index contributed by atoms with van der Waals surface area (Å²) >= 11 is 0. The molecule has 0 aromatic rings. The van der Waals surface area contributed by atoms with Crippen LogP contribution in [0.1, 0.15) is 12.8 Å². The number of likely N-dealkylation sites (tertiary alicyclic amines) is 1. The smallest absolute Gasteiger partial charge is 0.225 e. The highest BCUT2D eigenvalue weighted by Gasteiger charge is 2.22. The fourth-order valence-electron chi connectivity index (χ4n) is 1.21. The predicted octanol–water partition coefficient (Wildman–Crippen LogP) is 0.252. The molecule has 1 rings (SSSR count). The van der Waals surface area contributed by atoms with Crippen LogP contribution in [0.25, 0.3) is 0 Å². The van der Waals surface area contributed by atoms with Crippen molar-refractivity contribution in [3.8, 4) is 0 Å². The molecule has 1 saturated heterocycles. The molecule has 1 atom stereocenters. The van der Waals surface area contributed by atoms with Gasteiger partial charge in [0.2, 0.25) is 5.91 Å². The van der Waals surface area contributed by atoms with Crippen LogP contribution in [0.3, 0.4) is 0 Å². The van der Waals surface area contributed by atoms with Gasteiger partial charge in [0.15, 0.2) is 6.57 Å². The molecular weight excluding hydrogens is 168 g/mol. The lowest BCUT2D eigenvalue weighted by molar-refractivity contribution is -0.136. The SMILES string of the molecule is C=CCN1CCC(O)CC1=O.[C]#N. The first kappa shape index (κ1) is 11.7. The molecule has 0 saturated carbocycles. The van der Waals surface area contributed by atoms with Crippen LogP contribution in [0, 0.1) is 11.8 Å². The Labute approximate surface area is 78.1 Å². The van der Waals surface area contributed by atoms with Crippen molar-refractivity contribution in [2.75, 3.05) is 13.1 Å². The minimum atomic E-state index is -0.427. The Hall–Kier alpha value is -1.34. The number of aliphatic hydroxyl groups is 1. The van der Waals surface area contributed by atoms with Gasteiger partial charge >= 0.3 is 0 Å². The van der Waals surface area contributed by atoms with Gasteiger partial charge in [0.1, 0.15) is 0 Å². The van der Waals surface area contributed by atoms with Crippen LogP contribution in [0.2, 0.25) is 0 Å². The maximum Gasteiger partial charge on any atom is 0.225 e. The van der Waals surface area contributed by atoms with Crippen LogP contribution in [0.15, 0.2) is 12.7 Å². The van der Waals surface area contributed by atoms with E-state index in [-0.39, 0.29) is 12.3 Å². The maximum absolute atomic E-state index is 11.1. The molecule has 0 aliphatic carbocycles. The van der Waals surface area contributed by atoms with Gasteiger partial charge in [-0.3, -0.25) is 4.79 Å². The van der Waals surface area contributed by atoms with E-state index in [4.69, 9.17) is 16.9 Å². The molecule has 71 valence electrons. The lowest BCUT2D eigenvalue weighted by Crippen LogP contribution is -2.40. The molecule has 1 radical (unpaired) electrons. The monoisotopic (exact) mass is 181 g/mol. The highest BCUT2D eigenvalue weighted by Crippen LogP contribution is 2.10. The van der Waals surface area contributed by atoms with Crippen LogP contribution < -0.4 is 0 Å². The zero-order valence-electron chi connectivity index (χ0n) is 7.44. The van der Waals surface area contributed by atoms with Crippen LogP contribution >= 0.6 is 0 Å². The van der Waals surface area contributed by atoms with Crippen LogP contribution in [0.4, 0.5) is 0 Å². The molecule has 1 fully saturated rings. The summed E-state index contributed by atoms with van der Waals surface area (Å²) < 4.78 is 0. The van der Waals surface area contributed by atoms with Crippen molar-refractivity contribution in [1.29, 1.82) is 5.26 Å². The number of nitrogens with zero attached hydrogens (tertiary/aromatic N) is 2. The summed E-state index contributed by atoms with van der Waals surface area (Å²) in [6.07, 6.45) is 2.24. The lowest BCUT2D eigenvalue weighted by Gasteiger charge is -2.28. The standard InChI is InChI=1S/C8H13NO2.CN/c1-2-4-9-5-3-7(10)6-8(9)11;1-2/h2,7,10H,1,3-6H2;. The van der Waals surface area contributed by atoms with Crippen LogP contribution in [-0.2, 0) is 4.79 Å². The molecule has 1 N–H and O–H groups in total. The second-order valence-electron chi connectivity index (χ2n) is 2.78. The van der Waals surface area contributed by atoms with Crippen LogP contribution in [-0.4, -0.2) is 35.1 Å². The fraction of sp³-hybridized carbons (Fsp3) is 0.556. The Bertz CT molecular complexity index is 201. The van der Waals surface area contributed by atoms with E-state index in [0.29, 0.717) is 19.5 Å². The zero-order chi connectivity index (χ0) is 10.3. The molecule has 1 unspecified atom stereocenters.